The SMILES string of the molecule is CCOc1cc(/C=N\NC(=O)CN(c2ccc(C)cc2C)S(=O)(=O)c2ccc(C)cc2)ccc1OCc1ccccc1. The van der Waals surface area contributed by atoms with Crippen LogP contribution in [-0.4, -0.2) is 33.7 Å². The summed E-state index contributed by atoms with van der Waals surface area (Å²) >= 11 is 0. The van der Waals surface area contributed by atoms with Crippen LogP contribution in [0.2, 0.25) is 0 Å². The average Bonchev–Trinajstić information content (AvgIpc) is 2.97. The summed E-state index contributed by atoms with van der Waals surface area (Å²) < 4.78 is 40.2. The van der Waals surface area contributed by atoms with Crippen molar-refractivity contribution in [3.63, 3.8) is 0 Å². The first-order chi connectivity index (χ1) is 20.2. The highest BCUT2D eigenvalue weighted by Gasteiger charge is 2.28. The van der Waals surface area contributed by atoms with E-state index in [0.717, 1.165) is 26.6 Å². The fourth-order valence-corrected chi connectivity index (χ4v) is 5.78. The zero-order valence-corrected chi connectivity index (χ0v) is 25.0. The number of ether oxygens (including phenoxy) is 2. The summed E-state index contributed by atoms with van der Waals surface area (Å²) in [6, 6.07) is 27.1. The van der Waals surface area contributed by atoms with E-state index in [-0.39, 0.29) is 4.90 Å². The maximum atomic E-state index is 13.7. The number of amides is 1. The van der Waals surface area contributed by atoms with E-state index < -0.39 is 22.5 Å². The van der Waals surface area contributed by atoms with Gasteiger partial charge in [-0.1, -0.05) is 65.7 Å². The lowest BCUT2D eigenvalue weighted by Crippen LogP contribution is -2.40. The molecule has 0 aliphatic carbocycles. The number of benzene rings is 4. The van der Waals surface area contributed by atoms with Crippen LogP contribution in [-0.2, 0) is 21.4 Å². The van der Waals surface area contributed by atoms with Gasteiger partial charge in [0.1, 0.15) is 13.2 Å². The second kappa shape index (κ2) is 13.8. The van der Waals surface area contributed by atoms with Gasteiger partial charge in [-0.05, 0) is 80.8 Å². The van der Waals surface area contributed by atoms with Gasteiger partial charge >= 0.3 is 0 Å². The molecule has 0 radical (unpaired) electrons. The monoisotopic (exact) mass is 585 g/mol. The van der Waals surface area contributed by atoms with Crippen LogP contribution in [0.4, 0.5) is 5.69 Å². The Labute approximate surface area is 247 Å². The molecule has 0 fully saturated rings. The standard InChI is InChI=1S/C33H35N3O5S/c1-5-40-32-20-28(14-18-31(32)41-23-27-9-7-6-8-10-27)21-34-35-33(37)22-36(30-17-13-25(3)19-26(30)4)42(38,39)29-15-11-24(2)12-16-29/h6-21H,5,22-23H2,1-4H3,(H,35,37)/b34-21-. The Morgan fingerprint density at radius 1 is 0.857 bits per heavy atom. The molecule has 0 atom stereocenters. The Morgan fingerprint density at radius 2 is 1.57 bits per heavy atom. The van der Waals surface area contributed by atoms with Gasteiger partial charge in [0.25, 0.3) is 15.9 Å². The number of nitrogens with one attached hydrogen (secondary N) is 1. The molecule has 0 unspecified atom stereocenters. The Hall–Kier alpha value is -4.63. The summed E-state index contributed by atoms with van der Waals surface area (Å²) in [5.74, 6) is 0.552. The van der Waals surface area contributed by atoms with Gasteiger partial charge in [0.15, 0.2) is 11.5 Å². The molecule has 4 aromatic rings. The molecule has 4 aromatic carbocycles. The number of carbonyl (C=O) groups excluding carboxylic acids is 1. The molecule has 0 heterocycles. The molecule has 0 saturated heterocycles. The van der Waals surface area contributed by atoms with Crippen molar-refractivity contribution in [1.82, 2.24) is 5.43 Å². The van der Waals surface area contributed by atoms with Gasteiger partial charge in [-0.3, -0.25) is 9.10 Å². The first-order valence-electron chi connectivity index (χ1n) is 13.6. The Morgan fingerprint density at radius 3 is 2.26 bits per heavy atom. The molecule has 1 amide bonds. The molecular weight excluding hydrogens is 550 g/mol. The highest BCUT2D eigenvalue weighted by molar-refractivity contribution is 7.92. The molecule has 218 valence electrons. The summed E-state index contributed by atoms with van der Waals surface area (Å²) in [5, 5.41) is 4.07. The second-order valence-corrected chi connectivity index (χ2v) is 11.7. The topological polar surface area (TPSA) is 97.3 Å². The third kappa shape index (κ3) is 7.76. The lowest BCUT2D eigenvalue weighted by Gasteiger charge is -2.25. The van der Waals surface area contributed by atoms with Crippen LogP contribution in [0.3, 0.4) is 0 Å². The van der Waals surface area contributed by atoms with Gasteiger partial charge in [0.05, 0.1) is 23.4 Å². The van der Waals surface area contributed by atoms with Crippen molar-refractivity contribution in [3.05, 3.63) is 119 Å². The smallest absolute Gasteiger partial charge is 0.264 e. The average molecular weight is 586 g/mol. The van der Waals surface area contributed by atoms with Crippen molar-refractivity contribution < 1.29 is 22.7 Å². The van der Waals surface area contributed by atoms with E-state index in [9.17, 15) is 13.2 Å². The van der Waals surface area contributed by atoms with Crippen LogP contribution in [0, 0.1) is 20.8 Å². The third-order valence-corrected chi connectivity index (χ3v) is 8.20. The molecule has 9 heteroatoms. The summed E-state index contributed by atoms with van der Waals surface area (Å²) in [4.78, 5) is 13.1. The number of anilines is 1. The molecule has 0 aromatic heterocycles. The van der Waals surface area contributed by atoms with Gasteiger partial charge in [0.2, 0.25) is 0 Å². The van der Waals surface area contributed by atoms with Crippen LogP contribution in [0.15, 0.2) is 101 Å². The van der Waals surface area contributed by atoms with Crippen LogP contribution >= 0.6 is 0 Å². The van der Waals surface area contributed by atoms with Gasteiger partial charge < -0.3 is 9.47 Å². The maximum Gasteiger partial charge on any atom is 0.264 e. The lowest BCUT2D eigenvalue weighted by atomic mass is 10.1. The number of sulfonamides is 1. The molecule has 1 N–H and O–H groups in total. The number of aryl methyl sites for hydroxylation is 3. The zero-order valence-electron chi connectivity index (χ0n) is 24.2. The Bertz CT molecular complexity index is 1650. The van der Waals surface area contributed by atoms with E-state index in [1.54, 1.807) is 48.5 Å². The highest BCUT2D eigenvalue weighted by atomic mass is 32.2. The van der Waals surface area contributed by atoms with Crippen molar-refractivity contribution >= 4 is 27.8 Å². The third-order valence-electron chi connectivity index (χ3n) is 6.42. The highest BCUT2D eigenvalue weighted by Crippen LogP contribution is 2.29. The van der Waals surface area contributed by atoms with E-state index in [2.05, 4.69) is 10.5 Å². The molecule has 0 saturated carbocycles. The molecule has 42 heavy (non-hydrogen) atoms. The van der Waals surface area contributed by atoms with Crippen molar-refractivity contribution in [2.45, 2.75) is 39.2 Å². The van der Waals surface area contributed by atoms with Gasteiger partial charge in [-0.2, -0.15) is 5.10 Å². The van der Waals surface area contributed by atoms with Crippen LogP contribution < -0.4 is 19.2 Å². The normalized spacial score (nSPS) is 11.3. The minimum Gasteiger partial charge on any atom is -0.490 e. The number of hydrazone groups is 1. The van der Waals surface area contributed by atoms with Gasteiger partial charge in [-0.15, -0.1) is 0 Å². The summed E-state index contributed by atoms with van der Waals surface area (Å²) in [5.41, 5.74) is 7.25. The quantitative estimate of drug-likeness (QED) is 0.164. The van der Waals surface area contributed by atoms with Crippen molar-refractivity contribution in [1.29, 1.82) is 0 Å². The number of rotatable bonds is 12. The van der Waals surface area contributed by atoms with E-state index in [1.165, 1.54) is 6.21 Å². The molecule has 8 nitrogen and oxygen atoms in total. The van der Waals surface area contributed by atoms with E-state index in [4.69, 9.17) is 9.47 Å². The minimum absolute atomic E-state index is 0.0994. The van der Waals surface area contributed by atoms with Crippen molar-refractivity contribution in [2.24, 2.45) is 5.10 Å². The summed E-state index contributed by atoms with van der Waals surface area (Å²) in [6.45, 7) is 7.90. The Balaban J connectivity index is 1.49. The van der Waals surface area contributed by atoms with E-state index >= 15 is 0 Å². The number of carbonyl (C=O) groups is 1. The van der Waals surface area contributed by atoms with Crippen molar-refractivity contribution in [2.75, 3.05) is 17.5 Å². The predicted molar refractivity (Wildman–Crippen MR) is 166 cm³/mol. The van der Waals surface area contributed by atoms with E-state index in [0.29, 0.717) is 36.0 Å². The maximum absolute atomic E-state index is 13.7. The minimum atomic E-state index is -4.03. The second-order valence-electron chi connectivity index (χ2n) is 9.82. The first-order valence-corrected chi connectivity index (χ1v) is 15.0. The number of hydrogen-bond acceptors (Lipinski definition) is 6. The number of nitrogens with zero attached hydrogens (tertiary/aromatic N) is 2. The van der Waals surface area contributed by atoms with Gasteiger partial charge in [-0.25, -0.2) is 13.8 Å². The predicted octanol–water partition coefficient (Wildman–Crippen LogP) is 5.94. The largest absolute Gasteiger partial charge is 0.490 e. The molecular formula is C33H35N3O5S. The molecule has 4 rings (SSSR count). The number of hydrogen-bond donors (Lipinski definition) is 1. The lowest BCUT2D eigenvalue weighted by molar-refractivity contribution is -0.119. The first kappa shape index (κ1) is 30.3. The fourth-order valence-electron chi connectivity index (χ4n) is 4.29. The Kier molecular flexibility index (Phi) is 9.98. The summed E-state index contributed by atoms with van der Waals surface area (Å²) in [7, 11) is -4.03. The van der Waals surface area contributed by atoms with Crippen LogP contribution in [0.5, 0.6) is 11.5 Å². The van der Waals surface area contributed by atoms with Crippen molar-refractivity contribution in [3.8, 4) is 11.5 Å². The molecule has 0 aliphatic heterocycles. The van der Waals surface area contributed by atoms with Crippen LogP contribution in [0.25, 0.3) is 0 Å². The van der Waals surface area contributed by atoms with E-state index in [1.807, 2.05) is 70.2 Å². The summed E-state index contributed by atoms with van der Waals surface area (Å²) in [6.07, 6.45) is 1.47. The molecule has 0 bridgehead atoms. The fraction of sp³-hybridized carbons (Fsp3) is 0.212. The molecule has 0 aliphatic rings. The van der Waals surface area contributed by atoms with Crippen LogP contribution in [0.1, 0.15) is 34.7 Å². The zero-order chi connectivity index (χ0) is 30.1. The molecule has 0 spiro atoms. The van der Waals surface area contributed by atoms with Gasteiger partial charge in [0, 0.05) is 0 Å².